The number of carbonyl (C=O) groups is 2. The summed E-state index contributed by atoms with van der Waals surface area (Å²) in [4.78, 5) is 28.1. The highest BCUT2D eigenvalue weighted by Crippen LogP contribution is 2.52. The van der Waals surface area contributed by atoms with Crippen LogP contribution >= 0.6 is 0 Å². The van der Waals surface area contributed by atoms with Crippen molar-refractivity contribution < 1.29 is 27.6 Å². The van der Waals surface area contributed by atoms with Crippen LogP contribution in [0.2, 0.25) is 0 Å². The van der Waals surface area contributed by atoms with Gasteiger partial charge in [0, 0.05) is 12.0 Å². The number of alkyl halides is 3. The first-order valence-corrected chi connectivity index (χ1v) is 6.47. The van der Waals surface area contributed by atoms with Gasteiger partial charge in [-0.15, -0.1) is 10.2 Å². The molecule has 0 radical (unpaired) electrons. The summed E-state index contributed by atoms with van der Waals surface area (Å²) in [7, 11) is 0. The molecule has 1 fully saturated rings. The molecule has 0 bridgehead atoms. The third-order valence-electron chi connectivity index (χ3n) is 3.44. The topological polar surface area (TPSA) is 71.3 Å². The van der Waals surface area contributed by atoms with E-state index in [1.54, 1.807) is 0 Å². The lowest BCUT2D eigenvalue weighted by Gasteiger charge is -2.16. The SMILES string of the molecule is O=C(ON1CCCC1=O)c1ccc(C2(C(F)(F)F)N=N2)cc1. The van der Waals surface area contributed by atoms with Gasteiger partial charge in [0.05, 0.1) is 12.1 Å². The Labute approximate surface area is 122 Å². The molecule has 1 aromatic rings. The predicted octanol–water partition coefficient (Wildman–Crippen LogP) is 2.56. The summed E-state index contributed by atoms with van der Waals surface area (Å²) in [6.07, 6.45) is -3.71. The van der Waals surface area contributed by atoms with Crippen LogP contribution in [0.5, 0.6) is 0 Å². The average molecular weight is 313 g/mol. The Morgan fingerprint density at radius 3 is 2.32 bits per heavy atom. The molecular weight excluding hydrogens is 303 g/mol. The molecule has 0 unspecified atom stereocenters. The molecule has 6 nitrogen and oxygen atoms in total. The van der Waals surface area contributed by atoms with Crippen molar-refractivity contribution in [3.8, 4) is 0 Å². The van der Waals surface area contributed by atoms with Crippen molar-refractivity contribution in [2.24, 2.45) is 10.2 Å². The van der Waals surface area contributed by atoms with Crippen molar-refractivity contribution >= 4 is 11.9 Å². The zero-order chi connectivity index (χ0) is 16.0. The Kier molecular flexibility index (Phi) is 3.15. The van der Waals surface area contributed by atoms with Crippen LogP contribution < -0.4 is 0 Å². The third-order valence-corrected chi connectivity index (χ3v) is 3.44. The van der Waals surface area contributed by atoms with Crippen LogP contribution in [0.1, 0.15) is 28.8 Å². The van der Waals surface area contributed by atoms with Crippen LogP contribution in [0.15, 0.2) is 34.5 Å². The average Bonchev–Trinajstić information content (AvgIpc) is 3.20. The Morgan fingerprint density at radius 2 is 1.86 bits per heavy atom. The molecule has 0 aromatic heterocycles. The van der Waals surface area contributed by atoms with E-state index < -0.39 is 17.8 Å². The molecule has 0 spiro atoms. The third kappa shape index (κ3) is 2.32. The van der Waals surface area contributed by atoms with Crippen molar-refractivity contribution in [1.29, 1.82) is 0 Å². The fourth-order valence-electron chi connectivity index (χ4n) is 2.15. The van der Waals surface area contributed by atoms with Crippen LogP contribution in [0, 0.1) is 0 Å². The largest absolute Gasteiger partial charge is 0.442 e. The minimum atomic E-state index is -4.61. The molecule has 1 amide bonds. The Morgan fingerprint density at radius 1 is 1.23 bits per heavy atom. The summed E-state index contributed by atoms with van der Waals surface area (Å²) in [6, 6.07) is 4.62. The summed E-state index contributed by atoms with van der Waals surface area (Å²) in [5.74, 6) is -1.09. The van der Waals surface area contributed by atoms with E-state index in [0.29, 0.717) is 19.4 Å². The molecule has 1 saturated heterocycles. The first-order valence-electron chi connectivity index (χ1n) is 6.47. The molecule has 0 saturated carbocycles. The van der Waals surface area contributed by atoms with Gasteiger partial charge in [0.2, 0.25) is 0 Å². The quantitative estimate of drug-likeness (QED) is 0.861. The van der Waals surface area contributed by atoms with Gasteiger partial charge in [0.15, 0.2) is 0 Å². The van der Waals surface area contributed by atoms with Crippen molar-refractivity contribution in [2.75, 3.05) is 6.54 Å². The highest BCUT2D eigenvalue weighted by atomic mass is 19.4. The van der Waals surface area contributed by atoms with Gasteiger partial charge in [-0.25, -0.2) is 4.79 Å². The van der Waals surface area contributed by atoms with E-state index >= 15 is 0 Å². The zero-order valence-electron chi connectivity index (χ0n) is 11.1. The van der Waals surface area contributed by atoms with Crippen LogP contribution in [0.25, 0.3) is 0 Å². The van der Waals surface area contributed by atoms with Gasteiger partial charge in [-0.2, -0.15) is 18.2 Å². The number of rotatable bonds is 3. The molecule has 1 aromatic carbocycles. The lowest BCUT2D eigenvalue weighted by Crippen LogP contribution is -2.30. The van der Waals surface area contributed by atoms with Crippen molar-refractivity contribution in [3.63, 3.8) is 0 Å². The standard InChI is InChI=1S/C13H10F3N3O3/c14-13(15,16)12(17-18-12)9-5-3-8(4-6-9)11(21)22-19-7-1-2-10(19)20/h3-6H,1-2,7H2. The zero-order valence-corrected chi connectivity index (χ0v) is 11.1. The van der Waals surface area contributed by atoms with Gasteiger partial charge in [-0.05, 0) is 18.6 Å². The molecule has 2 heterocycles. The predicted molar refractivity (Wildman–Crippen MR) is 65.4 cm³/mol. The summed E-state index contributed by atoms with van der Waals surface area (Å²) < 4.78 is 38.5. The smallest absolute Gasteiger partial charge is 0.333 e. The second-order valence-corrected chi connectivity index (χ2v) is 4.93. The van der Waals surface area contributed by atoms with Crippen LogP contribution in [-0.2, 0) is 15.3 Å². The van der Waals surface area contributed by atoms with Gasteiger partial charge in [-0.3, -0.25) is 4.79 Å². The Bertz CT molecular complexity index is 649. The Balaban J connectivity index is 1.72. The number of amides is 1. The highest BCUT2D eigenvalue weighted by Gasteiger charge is 2.65. The fourth-order valence-corrected chi connectivity index (χ4v) is 2.15. The molecule has 2 aliphatic rings. The minimum absolute atomic E-state index is 0.0430. The number of hydrogen-bond acceptors (Lipinski definition) is 5. The molecule has 22 heavy (non-hydrogen) atoms. The molecule has 0 aliphatic carbocycles. The lowest BCUT2D eigenvalue weighted by molar-refractivity contribution is -0.166. The minimum Gasteiger partial charge on any atom is -0.333 e. The summed E-state index contributed by atoms with van der Waals surface area (Å²) >= 11 is 0. The highest BCUT2D eigenvalue weighted by molar-refractivity contribution is 5.90. The fraction of sp³-hybridized carbons (Fsp3) is 0.385. The maximum absolute atomic E-state index is 12.8. The normalized spacial score (nSPS) is 19.4. The van der Waals surface area contributed by atoms with Crippen molar-refractivity contribution in [1.82, 2.24) is 5.06 Å². The van der Waals surface area contributed by atoms with E-state index in [4.69, 9.17) is 4.84 Å². The number of nitrogens with zero attached hydrogens (tertiary/aromatic N) is 3. The van der Waals surface area contributed by atoms with Crippen molar-refractivity contribution in [2.45, 2.75) is 24.7 Å². The van der Waals surface area contributed by atoms with Gasteiger partial charge in [-0.1, -0.05) is 12.1 Å². The molecule has 0 N–H and O–H groups in total. The first-order chi connectivity index (χ1) is 10.3. The van der Waals surface area contributed by atoms with Crippen LogP contribution in [-0.4, -0.2) is 29.7 Å². The maximum Gasteiger partial charge on any atom is 0.442 e. The van der Waals surface area contributed by atoms with E-state index in [1.807, 2.05) is 0 Å². The number of hydroxylamine groups is 2. The monoisotopic (exact) mass is 313 g/mol. The molecule has 3 rings (SSSR count). The van der Waals surface area contributed by atoms with Crippen LogP contribution in [0.3, 0.4) is 0 Å². The number of hydrogen-bond donors (Lipinski definition) is 0. The number of halogens is 3. The van der Waals surface area contributed by atoms with Gasteiger partial charge < -0.3 is 4.84 Å². The van der Waals surface area contributed by atoms with E-state index in [9.17, 15) is 22.8 Å². The van der Waals surface area contributed by atoms with E-state index in [-0.39, 0.29) is 17.0 Å². The molecule has 0 atom stereocenters. The van der Waals surface area contributed by atoms with Gasteiger partial charge in [0.1, 0.15) is 0 Å². The summed E-state index contributed by atoms with van der Waals surface area (Å²) in [6.45, 7) is 0.317. The van der Waals surface area contributed by atoms with E-state index in [2.05, 4.69) is 10.2 Å². The van der Waals surface area contributed by atoms with E-state index in [1.165, 1.54) is 12.1 Å². The number of benzene rings is 1. The van der Waals surface area contributed by atoms with Gasteiger partial charge in [0.25, 0.3) is 5.91 Å². The van der Waals surface area contributed by atoms with E-state index in [0.717, 1.165) is 17.2 Å². The Hall–Kier alpha value is -2.45. The van der Waals surface area contributed by atoms with Crippen molar-refractivity contribution in [3.05, 3.63) is 35.4 Å². The maximum atomic E-state index is 12.8. The molecule has 116 valence electrons. The lowest BCUT2D eigenvalue weighted by atomic mass is 10.0. The number of carbonyl (C=O) groups excluding carboxylic acids is 2. The summed E-state index contributed by atoms with van der Waals surface area (Å²) in [5, 5.41) is 7.11. The van der Waals surface area contributed by atoms with Crippen LogP contribution in [0.4, 0.5) is 13.2 Å². The second-order valence-electron chi connectivity index (χ2n) is 4.93. The van der Waals surface area contributed by atoms with Gasteiger partial charge >= 0.3 is 17.8 Å². The summed E-state index contributed by atoms with van der Waals surface area (Å²) in [5.41, 5.74) is -2.64. The first kappa shape index (κ1) is 14.5. The second kappa shape index (κ2) is 4.79. The molecular formula is C13H10F3N3O3. The molecule has 2 aliphatic heterocycles. The molecule has 9 heteroatoms.